The Morgan fingerprint density at radius 1 is 1.61 bits per heavy atom. The molecule has 18 heavy (non-hydrogen) atoms. The molecular weight excluding hydrogens is 314 g/mol. The van der Waals surface area contributed by atoms with E-state index in [0.29, 0.717) is 12.5 Å². The molecule has 0 spiro atoms. The molecule has 98 valence electrons. The molecule has 1 aromatic heterocycles. The van der Waals surface area contributed by atoms with Gasteiger partial charge in [0, 0.05) is 33.7 Å². The predicted molar refractivity (Wildman–Crippen MR) is 75.1 cm³/mol. The van der Waals surface area contributed by atoms with Crippen LogP contribution in [0.25, 0.3) is 0 Å². The van der Waals surface area contributed by atoms with Gasteiger partial charge in [0.1, 0.15) is 6.10 Å². The predicted octanol–water partition coefficient (Wildman–Crippen LogP) is 2.49. The van der Waals surface area contributed by atoms with Crippen LogP contribution < -0.4 is 0 Å². The van der Waals surface area contributed by atoms with E-state index in [0.717, 1.165) is 29.0 Å². The first-order valence-corrected chi connectivity index (χ1v) is 8.01. The summed E-state index contributed by atoms with van der Waals surface area (Å²) >= 11 is 5.04. The van der Waals surface area contributed by atoms with E-state index < -0.39 is 0 Å². The topological polar surface area (TPSA) is 29.5 Å². The quantitative estimate of drug-likeness (QED) is 0.853. The number of rotatable bonds is 3. The Labute approximate surface area is 119 Å². The van der Waals surface area contributed by atoms with Gasteiger partial charge in [-0.15, -0.1) is 11.3 Å². The van der Waals surface area contributed by atoms with Gasteiger partial charge in [-0.2, -0.15) is 0 Å². The maximum Gasteiger partial charge on any atom is 0.168 e. The summed E-state index contributed by atoms with van der Waals surface area (Å²) in [6.07, 6.45) is 2.74. The van der Waals surface area contributed by atoms with Crippen LogP contribution in [0.4, 0.5) is 0 Å². The number of carbonyl (C=O) groups excluding carboxylic acids is 1. The number of hydrogen-bond acceptors (Lipinski definition) is 4. The van der Waals surface area contributed by atoms with Crippen molar-refractivity contribution >= 4 is 33.0 Å². The van der Waals surface area contributed by atoms with Crippen LogP contribution in [0.1, 0.15) is 17.7 Å². The number of nitrogens with zero attached hydrogens (tertiary/aromatic N) is 1. The van der Waals surface area contributed by atoms with E-state index >= 15 is 0 Å². The molecule has 0 aromatic carbocycles. The summed E-state index contributed by atoms with van der Waals surface area (Å²) in [7, 11) is 0. The minimum absolute atomic E-state index is 0.217. The number of hydrogen-bond donors (Lipinski definition) is 0. The molecule has 2 unspecified atom stereocenters. The van der Waals surface area contributed by atoms with Crippen molar-refractivity contribution < 1.29 is 9.53 Å². The molecule has 3 heterocycles. The van der Waals surface area contributed by atoms with Gasteiger partial charge in [-0.1, -0.05) is 0 Å². The fourth-order valence-corrected chi connectivity index (χ4v) is 4.20. The smallest absolute Gasteiger partial charge is 0.168 e. The lowest BCUT2D eigenvalue weighted by Gasteiger charge is -2.34. The summed E-state index contributed by atoms with van der Waals surface area (Å²) < 4.78 is 6.79. The molecule has 0 radical (unpaired) electrons. The highest BCUT2D eigenvalue weighted by Crippen LogP contribution is 2.25. The van der Waals surface area contributed by atoms with E-state index in [2.05, 4.69) is 20.8 Å². The van der Waals surface area contributed by atoms with Crippen LogP contribution in [0.3, 0.4) is 0 Å². The maximum absolute atomic E-state index is 12.2. The molecule has 0 N–H and O–H groups in total. The molecule has 3 rings (SSSR count). The first-order valence-electron chi connectivity index (χ1n) is 6.33. The molecule has 2 atom stereocenters. The zero-order valence-corrected chi connectivity index (χ0v) is 12.5. The molecule has 0 bridgehead atoms. The molecular formula is C13H16BrNO2S. The van der Waals surface area contributed by atoms with Crippen LogP contribution in [-0.2, 0) is 16.0 Å². The standard InChI is InChI=1S/C13H16BrNO2S/c14-9-4-11(18-8-9)5-12(16)13-6-15-3-1-2-10(15)7-17-13/h4,8,10,13H,1-3,5-7H2. The summed E-state index contributed by atoms with van der Waals surface area (Å²) in [4.78, 5) is 15.7. The van der Waals surface area contributed by atoms with Gasteiger partial charge < -0.3 is 4.74 Å². The molecule has 2 aliphatic heterocycles. The van der Waals surface area contributed by atoms with Crippen LogP contribution >= 0.6 is 27.3 Å². The lowest BCUT2D eigenvalue weighted by molar-refractivity contribution is -0.137. The zero-order valence-electron chi connectivity index (χ0n) is 10.1. The van der Waals surface area contributed by atoms with E-state index in [1.54, 1.807) is 11.3 Å². The van der Waals surface area contributed by atoms with Gasteiger partial charge in [0.15, 0.2) is 5.78 Å². The fraction of sp³-hybridized carbons (Fsp3) is 0.615. The van der Waals surface area contributed by atoms with Crippen molar-refractivity contribution in [1.82, 2.24) is 4.90 Å². The van der Waals surface area contributed by atoms with Crippen molar-refractivity contribution in [2.24, 2.45) is 0 Å². The molecule has 1 aromatic rings. The summed E-state index contributed by atoms with van der Waals surface area (Å²) in [6, 6.07) is 2.58. The molecule has 0 amide bonds. The van der Waals surface area contributed by atoms with Crippen LogP contribution in [-0.4, -0.2) is 42.5 Å². The average molecular weight is 330 g/mol. The highest BCUT2D eigenvalue weighted by molar-refractivity contribution is 9.10. The van der Waals surface area contributed by atoms with Crippen LogP contribution in [0.5, 0.6) is 0 Å². The van der Waals surface area contributed by atoms with Gasteiger partial charge in [0.2, 0.25) is 0 Å². The summed E-state index contributed by atoms with van der Waals surface area (Å²) in [6.45, 7) is 2.64. The number of Topliss-reactive ketones (excluding diaryl/α,β-unsaturated/α-hetero) is 1. The monoisotopic (exact) mass is 329 g/mol. The Morgan fingerprint density at radius 2 is 2.50 bits per heavy atom. The second kappa shape index (κ2) is 5.41. The highest BCUT2D eigenvalue weighted by Gasteiger charge is 2.35. The van der Waals surface area contributed by atoms with Crippen LogP contribution in [0.2, 0.25) is 0 Å². The second-order valence-electron chi connectivity index (χ2n) is 4.99. The Bertz CT molecular complexity index is 448. The Hall–Kier alpha value is -0.230. The van der Waals surface area contributed by atoms with E-state index in [4.69, 9.17) is 4.74 Å². The molecule has 2 aliphatic rings. The summed E-state index contributed by atoms with van der Waals surface area (Å²) in [5.74, 6) is 0.217. The van der Waals surface area contributed by atoms with E-state index in [-0.39, 0.29) is 11.9 Å². The molecule has 2 saturated heterocycles. The molecule has 3 nitrogen and oxygen atoms in total. The Balaban J connectivity index is 1.59. The second-order valence-corrected chi connectivity index (χ2v) is 6.90. The molecule has 0 saturated carbocycles. The van der Waals surface area contributed by atoms with E-state index in [9.17, 15) is 4.79 Å². The number of thiophene rings is 1. The number of morpholine rings is 1. The first-order chi connectivity index (χ1) is 8.72. The largest absolute Gasteiger partial charge is 0.367 e. The van der Waals surface area contributed by atoms with Crippen LogP contribution in [0.15, 0.2) is 15.9 Å². The minimum atomic E-state index is -0.222. The number of fused-ring (bicyclic) bond motifs is 1. The number of halogens is 1. The zero-order chi connectivity index (χ0) is 12.5. The lowest BCUT2D eigenvalue weighted by Crippen LogP contribution is -2.49. The summed E-state index contributed by atoms with van der Waals surface area (Å²) in [5, 5.41) is 2.01. The Kier molecular flexibility index (Phi) is 3.84. The molecule has 2 fully saturated rings. The van der Waals surface area contributed by atoms with Gasteiger partial charge in [-0.25, -0.2) is 0 Å². The van der Waals surface area contributed by atoms with Crippen molar-refractivity contribution in [1.29, 1.82) is 0 Å². The van der Waals surface area contributed by atoms with Crippen molar-refractivity contribution in [2.75, 3.05) is 19.7 Å². The fourth-order valence-electron chi connectivity index (χ4n) is 2.74. The number of carbonyl (C=O) groups is 1. The Morgan fingerprint density at radius 3 is 3.28 bits per heavy atom. The minimum Gasteiger partial charge on any atom is -0.367 e. The summed E-state index contributed by atoms with van der Waals surface area (Å²) in [5.41, 5.74) is 0. The average Bonchev–Trinajstić information content (AvgIpc) is 2.96. The lowest BCUT2D eigenvalue weighted by atomic mass is 10.1. The van der Waals surface area contributed by atoms with Crippen molar-refractivity contribution in [2.45, 2.75) is 31.4 Å². The van der Waals surface area contributed by atoms with Gasteiger partial charge in [0.05, 0.1) is 6.61 Å². The maximum atomic E-state index is 12.2. The van der Waals surface area contributed by atoms with E-state index in [1.807, 2.05) is 11.4 Å². The molecule has 0 aliphatic carbocycles. The van der Waals surface area contributed by atoms with E-state index in [1.165, 1.54) is 12.8 Å². The SMILES string of the molecule is O=C(Cc1cc(Br)cs1)C1CN2CCCC2CO1. The van der Waals surface area contributed by atoms with Crippen molar-refractivity contribution in [3.63, 3.8) is 0 Å². The number of ether oxygens (including phenoxy) is 1. The highest BCUT2D eigenvalue weighted by atomic mass is 79.9. The van der Waals surface area contributed by atoms with Gasteiger partial charge in [-0.05, 0) is 41.4 Å². The molecule has 5 heteroatoms. The van der Waals surface area contributed by atoms with Crippen molar-refractivity contribution in [3.8, 4) is 0 Å². The third kappa shape index (κ3) is 2.69. The first kappa shape index (κ1) is 12.8. The van der Waals surface area contributed by atoms with Crippen LogP contribution in [0, 0.1) is 0 Å². The van der Waals surface area contributed by atoms with Crippen molar-refractivity contribution in [3.05, 3.63) is 20.8 Å². The third-order valence-corrected chi connectivity index (χ3v) is 5.42. The normalized spacial score (nSPS) is 28.3. The number of ketones is 1. The van der Waals surface area contributed by atoms with Gasteiger partial charge in [0.25, 0.3) is 0 Å². The third-order valence-electron chi connectivity index (χ3n) is 3.72. The van der Waals surface area contributed by atoms with Gasteiger partial charge >= 0.3 is 0 Å². The van der Waals surface area contributed by atoms with Gasteiger partial charge in [-0.3, -0.25) is 9.69 Å².